The van der Waals surface area contributed by atoms with Gasteiger partial charge in [-0.3, -0.25) is 9.59 Å². The van der Waals surface area contributed by atoms with Gasteiger partial charge in [0, 0.05) is 12.1 Å². The molecule has 1 aliphatic carbocycles. The van der Waals surface area contributed by atoms with E-state index in [0.717, 1.165) is 12.8 Å². The molecule has 0 saturated heterocycles. The molecule has 0 radical (unpaired) electrons. The number of anilines is 1. The molecule has 0 bridgehead atoms. The maximum absolute atomic E-state index is 12.6. The Morgan fingerprint density at radius 1 is 1.32 bits per heavy atom. The van der Waals surface area contributed by atoms with E-state index in [0.29, 0.717) is 15.9 Å². The van der Waals surface area contributed by atoms with E-state index in [-0.39, 0.29) is 23.6 Å². The minimum absolute atomic E-state index is 0.0426. The summed E-state index contributed by atoms with van der Waals surface area (Å²) in [4.78, 5) is 27.1. The van der Waals surface area contributed by atoms with Gasteiger partial charge in [-0.2, -0.15) is 0 Å². The van der Waals surface area contributed by atoms with E-state index in [1.54, 1.807) is 24.3 Å². The molecule has 2 aromatic rings. The van der Waals surface area contributed by atoms with Crippen molar-refractivity contribution in [1.29, 1.82) is 0 Å². The third-order valence-electron chi connectivity index (χ3n) is 3.53. The van der Waals surface area contributed by atoms with Gasteiger partial charge < -0.3 is 14.6 Å². The Kier molecular flexibility index (Phi) is 4.02. The molecular weight excluding hydrogens is 300 g/mol. The minimum atomic E-state index is -0.311. The van der Waals surface area contributed by atoms with E-state index in [9.17, 15) is 9.59 Å². The van der Waals surface area contributed by atoms with Crippen molar-refractivity contribution in [2.75, 3.05) is 5.32 Å². The van der Waals surface area contributed by atoms with Gasteiger partial charge in [0.1, 0.15) is 0 Å². The molecule has 1 aliphatic rings. The number of thiophene rings is 1. The lowest BCUT2D eigenvalue weighted by Gasteiger charge is -2.26. The van der Waals surface area contributed by atoms with E-state index in [1.807, 2.05) is 18.7 Å². The van der Waals surface area contributed by atoms with Crippen LogP contribution in [0.2, 0.25) is 0 Å². The Balaban J connectivity index is 1.70. The van der Waals surface area contributed by atoms with Gasteiger partial charge in [0.2, 0.25) is 0 Å². The molecule has 1 N–H and O–H groups in total. The standard InChI is InChI=1S/C16H18N2O3S/c1-10(2)18(11-5-6-11)16(20)13-7-8-14(22-13)17-15(19)12-4-3-9-21-12/h3-4,7-11H,5-6H2,1-2H3,(H,17,19). The first-order chi connectivity index (χ1) is 10.6. The van der Waals surface area contributed by atoms with Crippen LogP contribution in [-0.4, -0.2) is 28.8 Å². The molecule has 2 amide bonds. The third kappa shape index (κ3) is 3.06. The first-order valence-corrected chi connectivity index (χ1v) is 8.15. The molecule has 6 heteroatoms. The second kappa shape index (κ2) is 5.96. The van der Waals surface area contributed by atoms with Crippen molar-refractivity contribution in [3.05, 3.63) is 41.2 Å². The highest BCUT2D eigenvalue weighted by molar-refractivity contribution is 7.18. The average Bonchev–Trinajstić information content (AvgIpc) is 2.99. The SMILES string of the molecule is CC(C)N(C(=O)c1ccc(NC(=O)c2ccco2)s1)C1CC1. The van der Waals surface area contributed by atoms with Crippen LogP contribution < -0.4 is 5.32 Å². The fourth-order valence-electron chi connectivity index (χ4n) is 2.40. The van der Waals surface area contributed by atoms with Crippen molar-refractivity contribution in [2.24, 2.45) is 0 Å². The maximum atomic E-state index is 12.6. The largest absolute Gasteiger partial charge is 0.459 e. The van der Waals surface area contributed by atoms with Gasteiger partial charge in [0.05, 0.1) is 16.1 Å². The molecule has 5 nitrogen and oxygen atoms in total. The molecule has 2 heterocycles. The number of hydrogen-bond donors (Lipinski definition) is 1. The summed E-state index contributed by atoms with van der Waals surface area (Å²) in [6.45, 7) is 4.06. The van der Waals surface area contributed by atoms with E-state index in [4.69, 9.17) is 4.42 Å². The predicted molar refractivity (Wildman–Crippen MR) is 85.3 cm³/mol. The topological polar surface area (TPSA) is 62.6 Å². The molecule has 22 heavy (non-hydrogen) atoms. The summed E-state index contributed by atoms with van der Waals surface area (Å²) in [5.74, 6) is -0.0159. The Labute approximate surface area is 132 Å². The van der Waals surface area contributed by atoms with E-state index < -0.39 is 0 Å². The first kappa shape index (κ1) is 14.8. The van der Waals surface area contributed by atoms with Crippen molar-refractivity contribution in [3.8, 4) is 0 Å². The molecule has 0 aromatic carbocycles. The predicted octanol–water partition coefficient (Wildman–Crippen LogP) is 3.61. The summed E-state index contributed by atoms with van der Waals surface area (Å²) in [6, 6.07) is 7.34. The molecule has 1 fully saturated rings. The summed E-state index contributed by atoms with van der Waals surface area (Å²) in [5.41, 5.74) is 0. The second-order valence-corrected chi connectivity index (χ2v) is 6.72. The van der Waals surface area contributed by atoms with E-state index in [1.165, 1.54) is 17.6 Å². The summed E-state index contributed by atoms with van der Waals surface area (Å²) in [7, 11) is 0. The monoisotopic (exact) mass is 318 g/mol. The number of carbonyl (C=O) groups excluding carboxylic acids is 2. The average molecular weight is 318 g/mol. The second-order valence-electron chi connectivity index (χ2n) is 5.63. The highest BCUT2D eigenvalue weighted by Crippen LogP contribution is 2.32. The van der Waals surface area contributed by atoms with Crippen LogP contribution in [0.1, 0.15) is 46.9 Å². The van der Waals surface area contributed by atoms with Gasteiger partial charge in [-0.15, -0.1) is 11.3 Å². The minimum Gasteiger partial charge on any atom is -0.459 e. The lowest BCUT2D eigenvalue weighted by Crippen LogP contribution is -2.38. The molecule has 2 aromatic heterocycles. The van der Waals surface area contributed by atoms with Gasteiger partial charge in [0.15, 0.2) is 5.76 Å². The van der Waals surface area contributed by atoms with E-state index >= 15 is 0 Å². The van der Waals surface area contributed by atoms with Gasteiger partial charge >= 0.3 is 0 Å². The molecule has 1 saturated carbocycles. The molecule has 116 valence electrons. The van der Waals surface area contributed by atoms with Gasteiger partial charge in [-0.1, -0.05) is 0 Å². The van der Waals surface area contributed by atoms with Gasteiger partial charge in [-0.25, -0.2) is 0 Å². The number of carbonyl (C=O) groups is 2. The molecule has 0 spiro atoms. The normalized spacial score (nSPS) is 14.1. The molecular formula is C16H18N2O3S. The number of nitrogens with one attached hydrogen (secondary N) is 1. The zero-order valence-electron chi connectivity index (χ0n) is 12.5. The van der Waals surface area contributed by atoms with Crippen LogP contribution in [0.25, 0.3) is 0 Å². The Hall–Kier alpha value is -2.08. The van der Waals surface area contributed by atoms with Gasteiger partial charge in [-0.05, 0) is 51.0 Å². The Morgan fingerprint density at radius 2 is 2.09 bits per heavy atom. The molecule has 3 rings (SSSR count). The number of furan rings is 1. The van der Waals surface area contributed by atoms with Crippen molar-refractivity contribution in [3.63, 3.8) is 0 Å². The number of amides is 2. The zero-order chi connectivity index (χ0) is 15.7. The van der Waals surface area contributed by atoms with Gasteiger partial charge in [0.25, 0.3) is 11.8 Å². The quantitative estimate of drug-likeness (QED) is 0.916. The zero-order valence-corrected chi connectivity index (χ0v) is 13.4. The van der Waals surface area contributed by atoms with Crippen LogP contribution in [-0.2, 0) is 0 Å². The van der Waals surface area contributed by atoms with E-state index in [2.05, 4.69) is 5.32 Å². The summed E-state index contributed by atoms with van der Waals surface area (Å²) in [5, 5.41) is 3.39. The van der Waals surface area contributed by atoms with Crippen LogP contribution in [0.3, 0.4) is 0 Å². The number of rotatable bonds is 5. The summed E-state index contributed by atoms with van der Waals surface area (Å²) in [6.07, 6.45) is 3.61. The van der Waals surface area contributed by atoms with Crippen LogP contribution in [0.5, 0.6) is 0 Å². The van der Waals surface area contributed by atoms with Crippen LogP contribution in [0.15, 0.2) is 34.9 Å². The summed E-state index contributed by atoms with van der Waals surface area (Å²) >= 11 is 1.29. The molecule has 0 aliphatic heterocycles. The summed E-state index contributed by atoms with van der Waals surface area (Å²) < 4.78 is 5.05. The molecule has 0 unspecified atom stereocenters. The lowest BCUT2D eigenvalue weighted by molar-refractivity contribution is 0.0695. The smallest absolute Gasteiger partial charge is 0.291 e. The van der Waals surface area contributed by atoms with Crippen LogP contribution in [0, 0.1) is 0 Å². The van der Waals surface area contributed by atoms with Crippen LogP contribution >= 0.6 is 11.3 Å². The van der Waals surface area contributed by atoms with Crippen molar-refractivity contribution in [1.82, 2.24) is 4.90 Å². The van der Waals surface area contributed by atoms with Crippen LogP contribution in [0.4, 0.5) is 5.00 Å². The fourth-order valence-corrected chi connectivity index (χ4v) is 3.25. The van der Waals surface area contributed by atoms with Crippen molar-refractivity contribution in [2.45, 2.75) is 38.8 Å². The highest BCUT2D eigenvalue weighted by atomic mass is 32.1. The van der Waals surface area contributed by atoms with Crippen molar-refractivity contribution < 1.29 is 14.0 Å². The van der Waals surface area contributed by atoms with Crippen molar-refractivity contribution >= 4 is 28.2 Å². The molecule has 0 atom stereocenters. The fraction of sp³-hybridized carbons (Fsp3) is 0.375. The Bertz CT molecular complexity index is 669. The number of hydrogen-bond acceptors (Lipinski definition) is 4. The Morgan fingerprint density at radius 3 is 2.68 bits per heavy atom. The first-order valence-electron chi connectivity index (χ1n) is 7.33. The lowest BCUT2D eigenvalue weighted by atomic mass is 10.3. The third-order valence-corrected chi connectivity index (χ3v) is 4.52. The highest BCUT2D eigenvalue weighted by Gasteiger charge is 2.35. The maximum Gasteiger partial charge on any atom is 0.291 e. The number of nitrogens with zero attached hydrogens (tertiary/aromatic N) is 1.